The number of rotatable bonds is 8. The quantitative estimate of drug-likeness (QED) is 0.703. The minimum absolute atomic E-state index is 0.0366. The van der Waals surface area contributed by atoms with Gasteiger partial charge in [-0.1, -0.05) is 19.1 Å². The normalized spacial score (nSPS) is 15.6. The first-order valence-electron chi connectivity index (χ1n) is 9.80. The second kappa shape index (κ2) is 10.4. The van der Waals surface area contributed by atoms with E-state index >= 15 is 0 Å². The van der Waals surface area contributed by atoms with Crippen LogP contribution in [0.25, 0.3) is 11.1 Å². The summed E-state index contributed by atoms with van der Waals surface area (Å²) in [6.45, 7) is 2.50. The van der Waals surface area contributed by atoms with Crippen molar-refractivity contribution in [1.29, 1.82) is 0 Å². The van der Waals surface area contributed by atoms with E-state index in [4.69, 9.17) is 9.47 Å². The molecule has 1 atom stereocenters. The summed E-state index contributed by atoms with van der Waals surface area (Å²) in [7, 11) is 1.55. The summed E-state index contributed by atoms with van der Waals surface area (Å²) in [5.41, 5.74) is 1.64. The Balaban J connectivity index is 1.76. The zero-order valence-corrected chi connectivity index (χ0v) is 17.1. The molecular weight excluding hydrogens is 394 g/mol. The molecule has 1 saturated heterocycles. The monoisotopic (exact) mass is 420 g/mol. The van der Waals surface area contributed by atoms with E-state index in [1.807, 2.05) is 6.92 Å². The number of amides is 1. The highest BCUT2D eigenvalue weighted by molar-refractivity contribution is 5.93. The molecule has 0 aliphatic carbocycles. The lowest BCUT2D eigenvalue weighted by Crippen LogP contribution is -2.41. The third-order valence-corrected chi connectivity index (χ3v) is 4.95. The largest absolute Gasteiger partial charge is 0.497 e. The first-order chi connectivity index (χ1) is 14.5. The highest BCUT2D eigenvalue weighted by Gasteiger charge is 2.20. The first-order valence-corrected chi connectivity index (χ1v) is 9.80. The Kier molecular flexibility index (Phi) is 7.59. The zero-order valence-electron chi connectivity index (χ0n) is 17.1. The van der Waals surface area contributed by atoms with Crippen LogP contribution in [-0.4, -0.2) is 57.4 Å². The van der Waals surface area contributed by atoms with Crippen molar-refractivity contribution in [3.05, 3.63) is 42.5 Å². The average molecular weight is 420 g/mol. The molecule has 8 heteroatoms. The molecule has 0 bridgehead atoms. The minimum atomic E-state index is -2.95. The molecule has 0 saturated carbocycles. The molecule has 30 heavy (non-hydrogen) atoms. The number of hydrogen-bond acceptors (Lipinski definition) is 5. The van der Waals surface area contributed by atoms with Crippen LogP contribution in [0.1, 0.15) is 6.92 Å². The van der Waals surface area contributed by atoms with Gasteiger partial charge in [0.1, 0.15) is 11.5 Å². The minimum Gasteiger partial charge on any atom is -0.497 e. The summed E-state index contributed by atoms with van der Waals surface area (Å²) < 4.78 is 40.8. The molecule has 1 N–H and O–H groups in total. The maximum absolute atomic E-state index is 12.8. The second-order valence-corrected chi connectivity index (χ2v) is 7.12. The maximum atomic E-state index is 12.8. The van der Waals surface area contributed by atoms with Crippen LogP contribution in [0.4, 0.5) is 14.5 Å². The molecule has 0 spiro atoms. The standard InChI is InChI=1S/C22H26F2N2O4/c1-15(14-26-9-11-29-12-10-26)21(27)25-17-5-8-20(30-22(23)24)19(13-17)16-3-6-18(28-2)7-4-16/h3-8,13,15,22H,9-12,14H2,1-2H3,(H,25,27). The van der Waals surface area contributed by atoms with Gasteiger partial charge in [0, 0.05) is 36.8 Å². The van der Waals surface area contributed by atoms with Gasteiger partial charge in [0.2, 0.25) is 5.91 Å². The molecule has 0 radical (unpaired) electrons. The number of nitrogens with one attached hydrogen (secondary N) is 1. The molecule has 162 valence electrons. The Morgan fingerprint density at radius 2 is 1.87 bits per heavy atom. The van der Waals surface area contributed by atoms with Gasteiger partial charge in [-0.25, -0.2) is 0 Å². The van der Waals surface area contributed by atoms with E-state index in [-0.39, 0.29) is 17.6 Å². The van der Waals surface area contributed by atoms with E-state index in [1.54, 1.807) is 43.5 Å². The molecule has 6 nitrogen and oxygen atoms in total. The molecule has 3 rings (SSSR count). The van der Waals surface area contributed by atoms with Crippen molar-refractivity contribution < 1.29 is 27.8 Å². The van der Waals surface area contributed by atoms with Crippen LogP contribution in [0.5, 0.6) is 11.5 Å². The number of methoxy groups -OCH3 is 1. The van der Waals surface area contributed by atoms with E-state index < -0.39 is 6.61 Å². The highest BCUT2D eigenvalue weighted by Crippen LogP contribution is 2.34. The molecule has 0 aromatic heterocycles. The molecule has 2 aromatic rings. The predicted molar refractivity (Wildman–Crippen MR) is 110 cm³/mol. The van der Waals surface area contributed by atoms with Crippen molar-refractivity contribution in [2.75, 3.05) is 45.3 Å². The molecule has 1 fully saturated rings. The Hall–Kier alpha value is -2.71. The SMILES string of the molecule is COc1ccc(-c2cc(NC(=O)C(C)CN3CCOCC3)ccc2OC(F)F)cc1. The highest BCUT2D eigenvalue weighted by atomic mass is 19.3. The summed E-state index contributed by atoms with van der Waals surface area (Å²) in [4.78, 5) is 14.8. The topological polar surface area (TPSA) is 60.0 Å². The van der Waals surface area contributed by atoms with Crippen molar-refractivity contribution in [2.45, 2.75) is 13.5 Å². The lowest BCUT2D eigenvalue weighted by Gasteiger charge is -2.28. The number of carbonyl (C=O) groups is 1. The third kappa shape index (κ3) is 5.90. The Labute approximate surface area is 174 Å². The van der Waals surface area contributed by atoms with E-state index in [2.05, 4.69) is 15.0 Å². The van der Waals surface area contributed by atoms with Crippen LogP contribution in [0, 0.1) is 5.92 Å². The molecule has 1 amide bonds. The van der Waals surface area contributed by atoms with Gasteiger partial charge in [-0.3, -0.25) is 9.69 Å². The van der Waals surface area contributed by atoms with Gasteiger partial charge < -0.3 is 19.5 Å². The van der Waals surface area contributed by atoms with Gasteiger partial charge >= 0.3 is 6.61 Å². The lowest BCUT2D eigenvalue weighted by atomic mass is 10.0. The number of anilines is 1. The molecule has 1 unspecified atom stereocenters. The van der Waals surface area contributed by atoms with Crippen LogP contribution < -0.4 is 14.8 Å². The number of alkyl halides is 2. The molecule has 1 aliphatic heterocycles. The lowest BCUT2D eigenvalue weighted by molar-refractivity contribution is -0.120. The van der Waals surface area contributed by atoms with Gasteiger partial charge in [0.05, 0.1) is 20.3 Å². The fourth-order valence-electron chi connectivity index (χ4n) is 3.32. The Bertz CT molecular complexity index is 840. The Morgan fingerprint density at radius 3 is 2.50 bits per heavy atom. The van der Waals surface area contributed by atoms with Crippen molar-refractivity contribution >= 4 is 11.6 Å². The van der Waals surface area contributed by atoms with Crippen molar-refractivity contribution in [3.63, 3.8) is 0 Å². The van der Waals surface area contributed by atoms with E-state index in [0.717, 1.165) is 13.1 Å². The Morgan fingerprint density at radius 1 is 1.17 bits per heavy atom. The van der Waals surface area contributed by atoms with Gasteiger partial charge in [-0.15, -0.1) is 0 Å². The molecule has 1 heterocycles. The number of morpholine rings is 1. The summed E-state index contributed by atoms with van der Waals surface area (Å²) in [6, 6.07) is 11.6. The molecule has 1 aliphatic rings. The van der Waals surface area contributed by atoms with Crippen molar-refractivity contribution in [2.24, 2.45) is 5.92 Å². The summed E-state index contributed by atoms with van der Waals surface area (Å²) in [5, 5.41) is 2.88. The summed E-state index contributed by atoms with van der Waals surface area (Å²) in [6.07, 6.45) is 0. The average Bonchev–Trinajstić information content (AvgIpc) is 2.75. The van der Waals surface area contributed by atoms with E-state index in [1.165, 1.54) is 6.07 Å². The fourth-order valence-corrected chi connectivity index (χ4v) is 3.32. The second-order valence-electron chi connectivity index (χ2n) is 7.12. The van der Waals surface area contributed by atoms with Crippen LogP contribution >= 0.6 is 0 Å². The summed E-state index contributed by atoms with van der Waals surface area (Å²) in [5.74, 6) is 0.320. The van der Waals surface area contributed by atoms with E-state index in [9.17, 15) is 13.6 Å². The van der Waals surface area contributed by atoms with Crippen LogP contribution in [-0.2, 0) is 9.53 Å². The maximum Gasteiger partial charge on any atom is 0.387 e. The zero-order chi connectivity index (χ0) is 21.5. The third-order valence-electron chi connectivity index (χ3n) is 4.95. The van der Waals surface area contributed by atoms with Crippen molar-refractivity contribution in [1.82, 2.24) is 4.90 Å². The first kappa shape index (κ1) is 22.0. The predicted octanol–water partition coefficient (Wildman–Crippen LogP) is 3.87. The number of carbonyl (C=O) groups excluding carboxylic acids is 1. The molecule has 2 aromatic carbocycles. The molecular formula is C22H26F2N2O4. The van der Waals surface area contributed by atoms with E-state index in [0.29, 0.717) is 42.3 Å². The van der Waals surface area contributed by atoms with Gasteiger partial charge in [-0.2, -0.15) is 8.78 Å². The number of nitrogens with zero attached hydrogens (tertiary/aromatic N) is 1. The van der Waals surface area contributed by atoms with Crippen LogP contribution in [0.15, 0.2) is 42.5 Å². The van der Waals surface area contributed by atoms with Gasteiger partial charge in [-0.05, 0) is 35.9 Å². The van der Waals surface area contributed by atoms with Crippen molar-refractivity contribution in [3.8, 4) is 22.6 Å². The summed E-state index contributed by atoms with van der Waals surface area (Å²) >= 11 is 0. The smallest absolute Gasteiger partial charge is 0.387 e. The number of halogens is 2. The number of benzene rings is 2. The van der Waals surface area contributed by atoms with Gasteiger partial charge in [0.25, 0.3) is 0 Å². The van der Waals surface area contributed by atoms with Gasteiger partial charge in [0.15, 0.2) is 0 Å². The fraction of sp³-hybridized carbons (Fsp3) is 0.409. The number of ether oxygens (including phenoxy) is 3. The van der Waals surface area contributed by atoms with Crippen LogP contribution in [0.2, 0.25) is 0 Å². The number of hydrogen-bond donors (Lipinski definition) is 1. The van der Waals surface area contributed by atoms with Crippen LogP contribution in [0.3, 0.4) is 0 Å².